The van der Waals surface area contributed by atoms with Crippen molar-refractivity contribution in [3.05, 3.63) is 91.0 Å². The number of fused-ring (bicyclic) bond motifs is 6. The molecule has 6 saturated carbocycles. The standard InChI is InChI=1S/C59H69N3O6/c1-58(2,3)42-30-33-24-27-39(42)45(33)49-47(53(64)61(55(49)66)35-18-12-8-13-19-35)40-28-31-22-25-37(40)43(31)48-46(52(63)60(54(48)65)34-16-10-7-11-17-34)41-29-32-23-26-38(41)44(32)50-51(59(4,5)6)57(68)62(56(50)67)36-20-14-9-15-21-36/h7-21,31-33,37-51H,22-30H2,1-6H3. The molecule has 3 saturated heterocycles. The molecule has 3 aromatic rings. The molecule has 3 aliphatic heterocycles. The van der Waals surface area contributed by atoms with E-state index >= 15 is 19.2 Å². The van der Waals surface area contributed by atoms with Crippen LogP contribution in [0.15, 0.2) is 91.0 Å². The van der Waals surface area contributed by atoms with Gasteiger partial charge in [0.15, 0.2) is 0 Å². The van der Waals surface area contributed by atoms with Crippen LogP contribution in [-0.4, -0.2) is 35.4 Å². The lowest BCUT2D eigenvalue weighted by atomic mass is 9.64. The van der Waals surface area contributed by atoms with Crippen LogP contribution in [0.2, 0.25) is 0 Å². The molecule has 6 aliphatic carbocycles. The monoisotopic (exact) mass is 916 g/mol. The van der Waals surface area contributed by atoms with Crippen LogP contribution in [-0.2, 0) is 28.8 Å². The van der Waals surface area contributed by atoms with E-state index in [1.54, 1.807) is 4.90 Å². The molecule has 9 fully saturated rings. The number of amides is 6. The van der Waals surface area contributed by atoms with E-state index in [4.69, 9.17) is 0 Å². The van der Waals surface area contributed by atoms with E-state index in [9.17, 15) is 9.59 Å². The van der Waals surface area contributed by atoms with E-state index in [-0.39, 0.29) is 100 Å². The van der Waals surface area contributed by atoms with Gasteiger partial charge in [0.1, 0.15) is 0 Å². The average molecular weight is 916 g/mol. The third-order valence-electron chi connectivity index (χ3n) is 20.5. The van der Waals surface area contributed by atoms with E-state index in [1.165, 1.54) is 9.80 Å². The van der Waals surface area contributed by atoms with Crippen molar-refractivity contribution < 1.29 is 28.8 Å². The number of benzene rings is 3. The van der Waals surface area contributed by atoms with Crippen molar-refractivity contribution in [2.45, 2.75) is 99.3 Å². The Labute approximate surface area is 402 Å². The largest absolute Gasteiger partial charge is 0.274 e. The van der Waals surface area contributed by atoms with Gasteiger partial charge >= 0.3 is 0 Å². The summed E-state index contributed by atoms with van der Waals surface area (Å²) >= 11 is 0. The molecule has 356 valence electrons. The second-order valence-corrected chi connectivity index (χ2v) is 25.3. The molecule has 9 aliphatic rings. The Bertz CT molecular complexity index is 2550. The van der Waals surface area contributed by atoms with Gasteiger partial charge in [-0.25, -0.2) is 0 Å². The van der Waals surface area contributed by atoms with Crippen molar-refractivity contribution >= 4 is 52.5 Å². The molecular formula is C59H69N3O6. The molecule has 9 heteroatoms. The summed E-state index contributed by atoms with van der Waals surface area (Å²) < 4.78 is 0. The van der Waals surface area contributed by atoms with Crippen LogP contribution in [0.3, 0.4) is 0 Å². The first-order valence-corrected chi connectivity index (χ1v) is 26.3. The molecule has 6 bridgehead atoms. The molecular weight excluding hydrogens is 847 g/mol. The van der Waals surface area contributed by atoms with Crippen LogP contribution in [0.5, 0.6) is 0 Å². The van der Waals surface area contributed by atoms with Crippen LogP contribution >= 0.6 is 0 Å². The van der Waals surface area contributed by atoms with E-state index in [1.807, 2.05) is 91.0 Å². The maximum Gasteiger partial charge on any atom is 0.238 e. The Kier molecular flexibility index (Phi) is 10.3. The van der Waals surface area contributed by atoms with E-state index in [0.717, 1.165) is 57.8 Å². The number of imide groups is 3. The van der Waals surface area contributed by atoms with Crippen LogP contribution in [0.1, 0.15) is 99.3 Å². The Morgan fingerprint density at radius 2 is 0.691 bits per heavy atom. The third-order valence-corrected chi connectivity index (χ3v) is 20.5. The minimum absolute atomic E-state index is 0.0172. The first-order valence-electron chi connectivity index (χ1n) is 26.3. The average Bonchev–Trinajstić information content (AvgIpc) is 4.22. The summed E-state index contributed by atoms with van der Waals surface area (Å²) in [6.07, 6.45) is 8.52. The number of para-hydroxylation sites is 3. The predicted octanol–water partition coefficient (Wildman–Crippen LogP) is 10.5. The smallest absolute Gasteiger partial charge is 0.238 e. The maximum absolute atomic E-state index is 15.6. The zero-order valence-electron chi connectivity index (χ0n) is 40.7. The summed E-state index contributed by atoms with van der Waals surface area (Å²) in [6, 6.07) is 28.3. The lowest BCUT2D eigenvalue weighted by Gasteiger charge is -2.37. The van der Waals surface area contributed by atoms with Gasteiger partial charge in [-0.2, -0.15) is 0 Å². The highest BCUT2D eigenvalue weighted by molar-refractivity contribution is 6.24. The molecule has 6 amide bonds. The number of rotatable bonds is 8. The summed E-state index contributed by atoms with van der Waals surface area (Å²) in [5.41, 5.74) is 1.49. The van der Waals surface area contributed by atoms with E-state index < -0.39 is 35.0 Å². The lowest BCUT2D eigenvalue weighted by Crippen LogP contribution is -2.40. The van der Waals surface area contributed by atoms with Crippen molar-refractivity contribution in [1.82, 2.24) is 0 Å². The topological polar surface area (TPSA) is 112 Å². The molecule has 0 N–H and O–H groups in total. The fourth-order valence-corrected chi connectivity index (χ4v) is 18.4. The fraction of sp³-hybridized carbons (Fsp3) is 0.593. The lowest BCUT2D eigenvalue weighted by molar-refractivity contribution is -0.127. The van der Waals surface area contributed by atoms with Crippen LogP contribution < -0.4 is 14.7 Å². The summed E-state index contributed by atoms with van der Waals surface area (Å²) in [5, 5.41) is 0. The van der Waals surface area contributed by atoms with E-state index in [0.29, 0.717) is 34.8 Å². The van der Waals surface area contributed by atoms with Gasteiger partial charge in [-0.05, 0) is 176 Å². The van der Waals surface area contributed by atoms with Crippen molar-refractivity contribution in [3.63, 3.8) is 0 Å². The number of hydrogen-bond acceptors (Lipinski definition) is 6. The van der Waals surface area contributed by atoms with Gasteiger partial charge in [-0.3, -0.25) is 43.5 Å². The van der Waals surface area contributed by atoms with Gasteiger partial charge in [0.25, 0.3) is 0 Å². The zero-order valence-corrected chi connectivity index (χ0v) is 40.7. The second kappa shape index (κ2) is 15.8. The Hall–Kier alpha value is -4.92. The van der Waals surface area contributed by atoms with Crippen LogP contribution in [0.25, 0.3) is 0 Å². The summed E-state index contributed by atoms with van der Waals surface area (Å²) in [5.74, 6) is -2.05. The number of anilines is 3. The summed E-state index contributed by atoms with van der Waals surface area (Å²) in [4.78, 5) is 95.5. The summed E-state index contributed by atoms with van der Waals surface area (Å²) in [6.45, 7) is 13.2. The van der Waals surface area contributed by atoms with Gasteiger partial charge in [0, 0.05) is 0 Å². The molecule has 3 aromatic carbocycles. The predicted molar refractivity (Wildman–Crippen MR) is 260 cm³/mol. The zero-order chi connectivity index (χ0) is 47.3. The van der Waals surface area contributed by atoms with Crippen molar-refractivity contribution in [1.29, 1.82) is 0 Å². The van der Waals surface area contributed by atoms with Gasteiger partial charge in [0.05, 0.1) is 52.6 Å². The maximum atomic E-state index is 15.6. The Balaban J connectivity index is 0.913. The van der Waals surface area contributed by atoms with Gasteiger partial charge in [0.2, 0.25) is 35.4 Å². The molecule has 0 radical (unpaired) electrons. The Morgan fingerprint density at radius 3 is 1.09 bits per heavy atom. The molecule has 0 spiro atoms. The number of carbonyl (C=O) groups is 6. The number of hydrogen-bond donors (Lipinski definition) is 0. The highest BCUT2D eigenvalue weighted by Gasteiger charge is 2.70. The first kappa shape index (κ1) is 44.3. The van der Waals surface area contributed by atoms with Crippen LogP contribution in [0.4, 0.5) is 17.1 Å². The molecule has 3 heterocycles. The normalized spacial score (nSPS) is 40.9. The second-order valence-electron chi connectivity index (χ2n) is 25.3. The van der Waals surface area contributed by atoms with E-state index in [2.05, 4.69) is 41.5 Å². The third kappa shape index (κ3) is 6.37. The molecule has 9 nitrogen and oxygen atoms in total. The van der Waals surface area contributed by atoms with Crippen LogP contribution in [0, 0.1) is 117 Å². The minimum atomic E-state index is -0.561. The number of nitrogens with zero attached hydrogens (tertiary/aromatic N) is 3. The highest BCUT2D eigenvalue weighted by Crippen LogP contribution is 2.69. The van der Waals surface area contributed by atoms with Gasteiger partial charge in [-0.15, -0.1) is 0 Å². The van der Waals surface area contributed by atoms with Crippen molar-refractivity contribution in [2.75, 3.05) is 14.7 Å². The minimum Gasteiger partial charge on any atom is -0.274 e. The molecule has 18 atom stereocenters. The van der Waals surface area contributed by atoms with Crippen molar-refractivity contribution in [2.24, 2.45) is 117 Å². The molecule has 0 aromatic heterocycles. The van der Waals surface area contributed by atoms with Crippen molar-refractivity contribution in [3.8, 4) is 0 Å². The van der Waals surface area contributed by atoms with Gasteiger partial charge < -0.3 is 0 Å². The highest BCUT2D eigenvalue weighted by atomic mass is 16.2. The summed E-state index contributed by atoms with van der Waals surface area (Å²) in [7, 11) is 0. The fourth-order valence-electron chi connectivity index (χ4n) is 18.4. The quantitative estimate of drug-likeness (QED) is 0.208. The Morgan fingerprint density at radius 1 is 0.353 bits per heavy atom. The molecule has 18 unspecified atom stereocenters. The molecule has 12 rings (SSSR count). The number of carbonyl (C=O) groups excluding carboxylic acids is 6. The molecule has 68 heavy (non-hydrogen) atoms. The first-order chi connectivity index (χ1) is 32.6. The van der Waals surface area contributed by atoms with Gasteiger partial charge in [-0.1, -0.05) is 96.1 Å². The SMILES string of the molecule is CC(C)(C)C1CC2CCC1C2C1C(=O)N(c2ccccc2)C(=O)C1C1CC2CCC1C2C1C(=O)N(c2ccccc2)C(=O)C1C1CC2CCC1C2C1C(=O)N(c2ccccc2)C(=O)C1C(C)(C)C.